The van der Waals surface area contributed by atoms with Crippen LogP contribution in [-0.4, -0.2) is 172 Å². The molecule has 0 unspecified atom stereocenters. The lowest BCUT2D eigenvalue weighted by Crippen LogP contribution is -2.80. The number of halogens is 2. The third kappa shape index (κ3) is 12.2. The quantitative estimate of drug-likeness (QED) is 0.0980. The highest BCUT2D eigenvalue weighted by atomic mass is 35.5. The van der Waals surface area contributed by atoms with Crippen LogP contribution < -0.4 is 0 Å². The molecule has 0 saturated heterocycles. The smallest absolute Gasteiger partial charge is 0.273 e. The minimum atomic E-state index is -0.889. The van der Waals surface area contributed by atoms with Crippen LogP contribution >= 0.6 is 23.2 Å². The van der Waals surface area contributed by atoms with E-state index in [2.05, 4.69) is 9.97 Å². The van der Waals surface area contributed by atoms with Crippen LogP contribution in [-0.2, 0) is 13.6 Å². The van der Waals surface area contributed by atoms with E-state index in [0.29, 0.717) is 22.1 Å². The van der Waals surface area contributed by atoms with Crippen molar-refractivity contribution in [1.29, 1.82) is 0 Å². The number of hydrogen-bond donors (Lipinski definition) is 1. The van der Waals surface area contributed by atoms with Gasteiger partial charge in [0.05, 0.1) is 49.5 Å². The second-order valence-corrected chi connectivity index (χ2v) is 13.2. The Kier molecular flexibility index (Phi) is 18.6. The molecular weight excluding hydrogens is 699 g/mol. The van der Waals surface area contributed by atoms with Gasteiger partial charge in [-0.3, -0.25) is 20.2 Å². The Labute approximate surface area is 344 Å². The van der Waals surface area contributed by atoms with E-state index < -0.39 is 67.3 Å². The number of rotatable bonds is 12. The van der Waals surface area contributed by atoms with Crippen LogP contribution in [0.25, 0.3) is 21.8 Å². The molecule has 2 aromatic carbocycles. The topological polar surface area (TPSA) is 125 Å². The van der Waals surface area contributed by atoms with Crippen LogP contribution in [0, 0.1) is 20.2 Å². The van der Waals surface area contributed by atoms with Gasteiger partial charge in [0.25, 0.3) is 11.4 Å². The molecule has 10 nitrogen and oxygen atoms in total. The molecule has 0 bridgehead atoms. The maximum absolute atomic E-state index is 10.9. The fraction of sp³-hybridized carbons (Fsp3) is 0.136. The molecule has 54 heavy (non-hydrogen) atoms. The lowest BCUT2D eigenvalue weighted by molar-refractivity contribution is -0.384. The Morgan fingerprint density at radius 1 is 0.741 bits per heavy atom. The van der Waals surface area contributed by atoms with Crippen molar-refractivity contribution in [2.75, 3.05) is 0 Å². The zero-order chi connectivity index (χ0) is 39.9. The molecule has 5 rings (SSSR count). The number of aromatic nitrogens is 4. The summed E-state index contributed by atoms with van der Waals surface area (Å²) in [6, 6.07) is 9.34. The van der Waals surface area contributed by atoms with Crippen LogP contribution in [0.5, 0.6) is 0 Å². The van der Waals surface area contributed by atoms with Gasteiger partial charge < -0.3 is 14.1 Å². The summed E-state index contributed by atoms with van der Waals surface area (Å²) >= 11 is 11.9. The van der Waals surface area contributed by atoms with Crippen LogP contribution in [0.1, 0.15) is 13.1 Å². The van der Waals surface area contributed by atoms with E-state index >= 15 is 0 Å². The van der Waals surface area contributed by atoms with E-state index in [0.717, 1.165) is 22.0 Å². The van der Waals surface area contributed by atoms with E-state index in [1.165, 1.54) is 24.3 Å². The van der Waals surface area contributed by atoms with Crippen LogP contribution in [0.4, 0.5) is 11.4 Å². The Morgan fingerprint density at radius 3 is 1.69 bits per heavy atom. The van der Waals surface area contributed by atoms with E-state index in [4.69, 9.17) is 108 Å². The maximum atomic E-state index is 10.9. The van der Waals surface area contributed by atoms with Crippen molar-refractivity contribution in [3.8, 4) is 0 Å². The number of nitrogens with zero attached hydrogens (tertiary/aromatic N) is 5. The normalized spacial score (nSPS) is 10.1. The molecule has 32 heteroatoms. The first-order valence-corrected chi connectivity index (χ1v) is 16.6. The van der Waals surface area contributed by atoms with Crippen molar-refractivity contribution < 1.29 is 9.85 Å². The van der Waals surface area contributed by atoms with Gasteiger partial charge in [0.2, 0.25) is 0 Å². The molecule has 5 aromatic rings. The van der Waals surface area contributed by atoms with Gasteiger partial charge in [0.1, 0.15) is 0 Å². The summed E-state index contributed by atoms with van der Waals surface area (Å²) in [7, 11) is 65.0. The number of imidazole rings is 1. The summed E-state index contributed by atoms with van der Waals surface area (Å²) in [4.78, 5) is 27.6. The van der Waals surface area contributed by atoms with Crippen LogP contribution in [0.15, 0.2) is 61.3 Å². The first-order valence-electron chi connectivity index (χ1n) is 15.9. The number of aromatic amines is 1. The first-order chi connectivity index (χ1) is 24.7. The zero-order valence-electron chi connectivity index (χ0n) is 28.7. The predicted octanol–water partition coefficient (Wildman–Crippen LogP) is -1.27. The molecule has 0 fully saturated rings. The SMILES string of the molecule is C.Cn1cnc(Cn2ccc3c(Cl)cc([N+](=O)[O-])cc32)c1.O=[N+]([O-])c1cc(Cl)c2cc[nH]c2c1.[B]B([B])B([B])B(B(B([B])[B])B([B])[B])B(B([B])[B])B([B])[B]. The molecular formula is C22H20B20Cl2N6O4. The van der Waals surface area contributed by atoms with E-state index in [9.17, 15) is 20.2 Å². The fourth-order valence-corrected chi connectivity index (χ4v) is 6.53. The highest BCUT2D eigenvalue weighted by molar-refractivity contribution is 8.19. The summed E-state index contributed by atoms with van der Waals surface area (Å²) in [5.74, 6) is 0. The number of nitro benzene ring substituents is 2. The lowest BCUT2D eigenvalue weighted by atomic mass is 8.39. The molecule has 0 aliphatic carbocycles. The number of benzene rings is 2. The number of hydrogen-bond acceptors (Lipinski definition) is 5. The number of aryl methyl sites for hydroxylation is 1. The van der Waals surface area contributed by atoms with Crippen molar-refractivity contribution in [3.63, 3.8) is 0 Å². The molecule has 0 aliphatic heterocycles. The number of nitro groups is 2. The summed E-state index contributed by atoms with van der Waals surface area (Å²) < 4.78 is 3.76. The second-order valence-electron chi connectivity index (χ2n) is 12.4. The third-order valence-electron chi connectivity index (χ3n) is 8.49. The van der Waals surface area contributed by atoms with E-state index in [-0.39, 0.29) is 18.8 Å². The number of fused-ring (bicyclic) bond motifs is 2. The largest absolute Gasteiger partial charge is 0.361 e. The molecule has 236 valence electrons. The molecule has 3 heterocycles. The van der Waals surface area contributed by atoms with Crippen LogP contribution in [0.2, 0.25) is 10.0 Å². The van der Waals surface area contributed by atoms with Gasteiger partial charge in [-0.05, 0) is 12.1 Å². The minimum Gasteiger partial charge on any atom is -0.361 e. The van der Waals surface area contributed by atoms with Crippen molar-refractivity contribution >= 4 is 199 Å². The third-order valence-corrected chi connectivity index (χ3v) is 9.12. The summed E-state index contributed by atoms with van der Waals surface area (Å²) in [5.41, 5.74) is 2.28. The van der Waals surface area contributed by atoms with Crippen molar-refractivity contribution in [2.45, 2.75) is 14.0 Å². The van der Waals surface area contributed by atoms with E-state index in [1.54, 1.807) is 18.6 Å². The molecule has 1 N–H and O–H groups in total. The standard InChI is InChI=1S/C13H11ClN4O2.C8H5ClN2O2.CH4.B20/c1-16-6-9(15-8-16)7-17-3-2-11-12(14)4-10(18(19)20)5-13(11)17;9-7-3-5(11(12)13)4-8-6(7)1-2-10-8;;1-12(2)17(11)20(18(13(3)4)14(5)6)19(15(7)8)16(9)10/h2-6,8H,7H2,1H3;1-4,10H;1H4;. The highest BCUT2D eigenvalue weighted by Crippen LogP contribution is 2.30. The Bertz CT molecular complexity index is 1960. The van der Waals surface area contributed by atoms with Gasteiger partial charge in [-0.25, -0.2) is 4.98 Å². The maximum Gasteiger partial charge on any atom is 0.273 e. The molecule has 0 aliphatic rings. The molecule has 0 spiro atoms. The number of H-pyrrole nitrogens is 1. The average molecular weight is 720 g/mol. The number of non-ortho nitro benzene ring substituents is 2. The van der Waals surface area contributed by atoms with Crippen molar-refractivity contribution in [1.82, 2.24) is 19.1 Å². The predicted molar refractivity (Wildman–Crippen MR) is 248 cm³/mol. The van der Waals surface area contributed by atoms with Crippen molar-refractivity contribution in [3.05, 3.63) is 97.3 Å². The zero-order valence-corrected chi connectivity index (χ0v) is 30.2. The summed E-state index contributed by atoms with van der Waals surface area (Å²) in [6.07, 6.45) is 0.0245. The molecule has 3 aromatic heterocycles. The van der Waals surface area contributed by atoms with Gasteiger partial charge in [0.15, 0.2) is 0 Å². The van der Waals surface area contributed by atoms with Crippen LogP contribution in [0.3, 0.4) is 0 Å². The Morgan fingerprint density at radius 2 is 1.24 bits per heavy atom. The second kappa shape index (κ2) is 21.1. The number of nitrogens with one attached hydrogen (secondary N) is 1. The Balaban J connectivity index is 0.000000284. The first kappa shape index (κ1) is 47.6. The molecule has 22 radical (unpaired) electrons. The van der Waals surface area contributed by atoms with Gasteiger partial charge in [-0.1, -0.05) is 30.6 Å². The fourth-order valence-electron chi connectivity index (χ4n) is 5.98. The van der Waals surface area contributed by atoms with Gasteiger partial charge >= 0.3 is 0 Å². The van der Waals surface area contributed by atoms with Gasteiger partial charge in [-0.15, -0.1) is 0 Å². The van der Waals surface area contributed by atoms with Gasteiger partial charge in [0, 0.05) is 203 Å². The highest BCUT2D eigenvalue weighted by Gasteiger charge is 2.44. The molecule has 0 amide bonds. The monoisotopic (exact) mass is 722 g/mol. The minimum absolute atomic E-state index is 0. The molecule has 0 saturated carbocycles. The lowest BCUT2D eigenvalue weighted by Gasteiger charge is -2.42. The summed E-state index contributed by atoms with van der Waals surface area (Å²) in [5, 5.41) is 23.7. The van der Waals surface area contributed by atoms with Crippen molar-refractivity contribution in [2.24, 2.45) is 7.05 Å². The van der Waals surface area contributed by atoms with Gasteiger partial charge in [-0.2, -0.15) is 0 Å². The average Bonchev–Trinajstić information content (AvgIpc) is 3.81. The molecule has 0 atom stereocenters. The summed E-state index contributed by atoms with van der Waals surface area (Å²) in [6.45, 7) is 0.543. The Hall–Kier alpha value is -2.59. The van der Waals surface area contributed by atoms with E-state index in [1.807, 2.05) is 34.6 Å².